The van der Waals surface area contributed by atoms with Crippen molar-refractivity contribution < 1.29 is 18.7 Å². The van der Waals surface area contributed by atoms with Crippen LogP contribution in [-0.4, -0.2) is 39.9 Å². The van der Waals surface area contributed by atoms with Crippen molar-refractivity contribution in [3.63, 3.8) is 0 Å². The Morgan fingerprint density at radius 1 is 1.20 bits per heavy atom. The van der Waals surface area contributed by atoms with E-state index in [1.165, 1.54) is 7.05 Å². The summed E-state index contributed by atoms with van der Waals surface area (Å²) in [6.07, 6.45) is 3.21. The molecule has 3 rings (SSSR count). The molecule has 2 amide bonds. The van der Waals surface area contributed by atoms with E-state index in [0.29, 0.717) is 23.8 Å². The number of nitrogens with zero attached hydrogens (tertiary/aromatic N) is 2. The molecule has 1 unspecified atom stereocenters. The minimum absolute atomic E-state index is 0.0669. The van der Waals surface area contributed by atoms with Crippen molar-refractivity contribution in [1.82, 2.24) is 25.6 Å². The van der Waals surface area contributed by atoms with E-state index in [0.717, 1.165) is 11.4 Å². The molecule has 0 aliphatic heterocycles. The molecule has 9 heteroatoms. The summed E-state index contributed by atoms with van der Waals surface area (Å²) < 4.78 is 11.3. The van der Waals surface area contributed by atoms with Gasteiger partial charge in [0.05, 0.1) is 18.2 Å². The molecule has 30 heavy (non-hydrogen) atoms. The van der Waals surface area contributed by atoms with E-state index in [1.54, 1.807) is 36.8 Å². The van der Waals surface area contributed by atoms with Gasteiger partial charge in [0.15, 0.2) is 11.5 Å². The Bertz CT molecular complexity index is 1010. The number of carbonyl (C=O) groups excluding carboxylic acids is 2. The molecule has 0 bridgehead atoms. The lowest BCUT2D eigenvalue weighted by atomic mass is 10.0. The number of pyridine rings is 1. The lowest BCUT2D eigenvalue weighted by Crippen LogP contribution is -2.48. The van der Waals surface area contributed by atoms with Gasteiger partial charge in [-0.1, -0.05) is 13.8 Å². The van der Waals surface area contributed by atoms with Gasteiger partial charge in [-0.2, -0.15) is 0 Å². The van der Waals surface area contributed by atoms with E-state index in [2.05, 4.69) is 25.6 Å². The first-order valence-electron chi connectivity index (χ1n) is 9.59. The number of furan rings is 1. The zero-order chi connectivity index (χ0) is 21.7. The van der Waals surface area contributed by atoms with Gasteiger partial charge in [0.1, 0.15) is 24.1 Å². The number of aromatic nitrogens is 3. The minimum Gasteiger partial charge on any atom is -0.486 e. The van der Waals surface area contributed by atoms with Crippen molar-refractivity contribution in [3.05, 3.63) is 53.9 Å². The predicted octanol–water partition coefficient (Wildman–Crippen LogP) is 2.45. The van der Waals surface area contributed by atoms with Gasteiger partial charge in [0.2, 0.25) is 5.91 Å². The highest BCUT2D eigenvalue weighted by Gasteiger charge is 2.25. The second-order valence-electron chi connectivity index (χ2n) is 7.12. The van der Waals surface area contributed by atoms with Crippen molar-refractivity contribution in [2.75, 3.05) is 7.05 Å². The highest BCUT2D eigenvalue weighted by atomic mass is 16.5. The topological polar surface area (TPSA) is 122 Å². The maximum atomic E-state index is 12.5. The summed E-state index contributed by atoms with van der Waals surface area (Å²) in [7, 11) is 1.53. The zero-order valence-electron chi connectivity index (χ0n) is 17.4. The summed E-state index contributed by atoms with van der Waals surface area (Å²) in [5.74, 6) is 0.357. The number of likely N-dealkylation sites (N-methyl/N-ethyl adjacent to an activating group) is 1. The molecule has 1 atom stereocenters. The molecule has 3 N–H and O–H groups in total. The highest BCUT2D eigenvalue weighted by molar-refractivity contribution is 5.95. The molecular weight excluding hydrogens is 386 g/mol. The van der Waals surface area contributed by atoms with E-state index >= 15 is 0 Å². The van der Waals surface area contributed by atoms with Crippen LogP contribution in [0.4, 0.5) is 0 Å². The number of amides is 2. The van der Waals surface area contributed by atoms with Gasteiger partial charge < -0.3 is 24.8 Å². The maximum Gasteiger partial charge on any atom is 0.287 e. The van der Waals surface area contributed by atoms with Crippen LogP contribution < -0.4 is 15.4 Å². The summed E-state index contributed by atoms with van der Waals surface area (Å²) in [5.41, 5.74) is 2.35. The SMILES string of the molecule is CNC(=O)C(NC(=O)c1ccc(-c2ccc(OCc3nc[nH]c3C)cn2)o1)C(C)C. The normalized spacial score (nSPS) is 11.9. The number of imidazole rings is 1. The highest BCUT2D eigenvalue weighted by Crippen LogP contribution is 2.23. The van der Waals surface area contributed by atoms with Crippen LogP contribution in [0, 0.1) is 12.8 Å². The van der Waals surface area contributed by atoms with Crippen LogP contribution in [-0.2, 0) is 11.4 Å². The average molecular weight is 411 g/mol. The Morgan fingerprint density at radius 3 is 2.60 bits per heavy atom. The molecule has 0 radical (unpaired) electrons. The van der Waals surface area contributed by atoms with Crippen LogP contribution in [0.2, 0.25) is 0 Å². The number of nitrogens with one attached hydrogen (secondary N) is 3. The van der Waals surface area contributed by atoms with E-state index in [4.69, 9.17) is 9.15 Å². The molecule has 3 aromatic heterocycles. The molecule has 0 spiro atoms. The Balaban J connectivity index is 1.64. The quantitative estimate of drug-likeness (QED) is 0.523. The Hall–Kier alpha value is -3.62. The van der Waals surface area contributed by atoms with Crippen molar-refractivity contribution >= 4 is 11.8 Å². The molecule has 0 fully saturated rings. The first kappa shape index (κ1) is 21.1. The average Bonchev–Trinajstić information content (AvgIpc) is 3.39. The number of H-pyrrole nitrogens is 1. The van der Waals surface area contributed by atoms with Gasteiger partial charge in [-0.15, -0.1) is 0 Å². The summed E-state index contributed by atoms with van der Waals surface area (Å²) in [6.45, 7) is 5.98. The van der Waals surface area contributed by atoms with Gasteiger partial charge in [-0.25, -0.2) is 9.97 Å². The standard InChI is InChI=1S/C21H25N5O4/c1-12(2)19(21(28)22-4)26-20(27)18-8-7-17(30-18)15-6-5-14(9-23-15)29-10-16-13(3)24-11-25-16/h5-9,11-12,19H,10H2,1-4H3,(H,22,28)(H,24,25)(H,26,27). The number of carbonyl (C=O) groups is 2. The second-order valence-corrected chi connectivity index (χ2v) is 7.12. The number of hydrogen-bond donors (Lipinski definition) is 3. The lowest BCUT2D eigenvalue weighted by Gasteiger charge is -2.19. The fourth-order valence-corrected chi connectivity index (χ4v) is 2.80. The number of ether oxygens (including phenoxy) is 1. The van der Waals surface area contributed by atoms with Gasteiger partial charge in [0.25, 0.3) is 5.91 Å². The molecule has 0 saturated carbocycles. The Morgan fingerprint density at radius 2 is 2.00 bits per heavy atom. The Labute approximate surface area is 174 Å². The van der Waals surface area contributed by atoms with Gasteiger partial charge in [-0.3, -0.25) is 9.59 Å². The summed E-state index contributed by atoms with van der Waals surface area (Å²) in [4.78, 5) is 35.9. The second kappa shape index (κ2) is 9.25. The summed E-state index contributed by atoms with van der Waals surface area (Å²) in [5, 5.41) is 5.25. The van der Waals surface area contributed by atoms with Crippen LogP contribution in [0.5, 0.6) is 5.75 Å². The first-order chi connectivity index (χ1) is 14.4. The summed E-state index contributed by atoms with van der Waals surface area (Å²) >= 11 is 0. The van der Waals surface area contributed by atoms with Crippen LogP contribution in [0.1, 0.15) is 35.8 Å². The zero-order valence-corrected chi connectivity index (χ0v) is 17.4. The third kappa shape index (κ3) is 4.86. The molecule has 0 aliphatic rings. The molecule has 0 aliphatic carbocycles. The lowest BCUT2D eigenvalue weighted by molar-refractivity contribution is -0.123. The van der Waals surface area contributed by atoms with Gasteiger partial charge in [0, 0.05) is 12.7 Å². The van der Waals surface area contributed by atoms with Crippen molar-refractivity contribution in [2.24, 2.45) is 5.92 Å². The van der Waals surface area contributed by atoms with Crippen LogP contribution in [0.25, 0.3) is 11.5 Å². The third-order valence-electron chi connectivity index (χ3n) is 4.61. The number of hydrogen-bond acceptors (Lipinski definition) is 6. The predicted molar refractivity (Wildman–Crippen MR) is 110 cm³/mol. The Kier molecular flexibility index (Phi) is 6.51. The van der Waals surface area contributed by atoms with Crippen LogP contribution in [0.15, 0.2) is 41.2 Å². The number of rotatable bonds is 8. The van der Waals surface area contributed by atoms with Gasteiger partial charge >= 0.3 is 0 Å². The van der Waals surface area contributed by atoms with Crippen molar-refractivity contribution in [1.29, 1.82) is 0 Å². The minimum atomic E-state index is -0.649. The number of aromatic amines is 1. The van der Waals surface area contributed by atoms with Crippen LogP contribution >= 0.6 is 0 Å². The molecule has 3 aromatic rings. The fourth-order valence-electron chi connectivity index (χ4n) is 2.80. The maximum absolute atomic E-state index is 12.5. The van der Waals surface area contributed by atoms with E-state index < -0.39 is 11.9 Å². The molecule has 9 nitrogen and oxygen atoms in total. The van der Waals surface area contributed by atoms with Crippen molar-refractivity contribution in [3.8, 4) is 17.2 Å². The molecule has 3 heterocycles. The van der Waals surface area contributed by atoms with Gasteiger partial charge in [-0.05, 0) is 37.1 Å². The monoisotopic (exact) mass is 411 g/mol. The smallest absolute Gasteiger partial charge is 0.287 e. The van der Waals surface area contributed by atoms with Crippen LogP contribution in [0.3, 0.4) is 0 Å². The third-order valence-corrected chi connectivity index (χ3v) is 4.61. The van der Waals surface area contributed by atoms with E-state index in [9.17, 15) is 9.59 Å². The summed E-state index contributed by atoms with van der Waals surface area (Å²) in [6, 6.07) is 6.08. The fraction of sp³-hybridized carbons (Fsp3) is 0.333. The first-order valence-corrected chi connectivity index (χ1v) is 9.59. The van der Waals surface area contributed by atoms with E-state index in [1.807, 2.05) is 20.8 Å². The molecule has 158 valence electrons. The van der Waals surface area contributed by atoms with Crippen molar-refractivity contribution in [2.45, 2.75) is 33.4 Å². The largest absolute Gasteiger partial charge is 0.486 e. The molecule has 0 saturated heterocycles. The number of aryl methyl sites for hydroxylation is 1. The van der Waals surface area contributed by atoms with E-state index in [-0.39, 0.29) is 17.6 Å². The molecule has 0 aromatic carbocycles. The molecular formula is C21H25N5O4.